The van der Waals surface area contributed by atoms with Crippen LogP contribution in [0.15, 0.2) is 54.6 Å². The van der Waals surface area contributed by atoms with E-state index in [1.807, 2.05) is 30.3 Å². The highest BCUT2D eigenvalue weighted by atomic mass is 19.4. The van der Waals surface area contributed by atoms with E-state index in [0.717, 1.165) is 11.6 Å². The summed E-state index contributed by atoms with van der Waals surface area (Å²) in [4.78, 5) is 28.6. The SMILES string of the molecule is CC(C)(C)OC(=O)N1CCN(C(=O)OCc2ccccc2)C[C@H]1CCOc1ccccc1OC(F)(F)F. The molecule has 1 atom stereocenters. The van der Waals surface area contributed by atoms with Gasteiger partial charge in [-0.3, -0.25) is 0 Å². The quantitative estimate of drug-likeness (QED) is 0.469. The molecule has 1 heterocycles. The minimum absolute atomic E-state index is 0.0326. The average molecular weight is 525 g/mol. The van der Waals surface area contributed by atoms with Gasteiger partial charge in [-0.2, -0.15) is 0 Å². The highest BCUT2D eigenvalue weighted by Crippen LogP contribution is 2.32. The Kier molecular flexibility index (Phi) is 9.12. The van der Waals surface area contributed by atoms with Gasteiger partial charge in [0.05, 0.1) is 12.6 Å². The summed E-state index contributed by atoms with van der Waals surface area (Å²) in [5.41, 5.74) is 0.116. The summed E-state index contributed by atoms with van der Waals surface area (Å²) >= 11 is 0. The van der Waals surface area contributed by atoms with Crippen LogP contribution in [-0.4, -0.2) is 66.2 Å². The Morgan fingerprint density at radius 2 is 1.57 bits per heavy atom. The van der Waals surface area contributed by atoms with Gasteiger partial charge in [0.15, 0.2) is 11.5 Å². The van der Waals surface area contributed by atoms with Crippen LogP contribution in [0, 0.1) is 0 Å². The monoisotopic (exact) mass is 524 g/mol. The summed E-state index contributed by atoms with van der Waals surface area (Å²) in [6.45, 7) is 5.91. The normalized spacial score (nSPS) is 16.2. The molecule has 0 radical (unpaired) electrons. The lowest BCUT2D eigenvalue weighted by Crippen LogP contribution is -2.57. The number of para-hydroxylation sites is 2. The van der Waals surface area contributed by atoms with Gasteiger partial charge in [0.25, 0.3) is 0 Å². The van der Waals surface area contributed by atoms with Crippen LogP contribution in [0.4, 0.5) is 22.8 Å². The van der Waals surface area contributed by atoms with Crippen molar-refractivity contribution in [3.63, 3.8) is 0 Å². The lowest BCUT2D eigenvalue weighted by molar-refractivity contribution is -0.275. The number of carbonyl (C=O) groups is 2. The first-order valence-electron chi connectivity index (χ1n) is 11.8. The zero-order chi connectivity index (χ0) is 27.1. The molecule has 1 fully saturated rings. The van der Waals surface area contributed by atoms with Gasteiger partial charge in [-0.05, 0) is 38.5 Å². The van der Waals surface area contributed by atoms with Crippen molar-refractivity contribution in [1.82, 2.24) is 9.80 Å². The van der Waals surface area contributed by atoms with E-state index in [4.69, 9.17) is 14.2 Å². The van der Waals surface area contributed by atoms with Crippen molar-refractivity contribution in [2.45, 2.75) is 51.8 Å². The van der Waals surface area contributed by atoms with Crippen molar-refractivity contribution >= 4 is 12.2 Å². The van der Waals surface area contributed by atoms with Gasteiger partial charge in [-0.1, -0.05) is 42.5 Å². The van der Waals surface area contributed by atoms with Crippen LogP contribution < -0.4 is 9.47 Å². The predicted octanol–water partition coefficient (Wildman–Crippen LogP) is 5.61. The van der Waals surface area contributed by atoms with E-state index in [-0.39, 0.29) is 45.0 Å². The fourth-order valence-corrected chi connectivity index (χ4v) is 3.72. The number of piperazine rings is 1. The van der Waals surface area contributed by atoms with Gasteiger partial charge in [0.2, 0.25) is 0 Å². The van der Waals surface area contributed by atoms with E-state index in [9.17, 15) is 22.8 Å². The molecule has 0 N–H and O–H groups in total. The third kappa shape index (κ3) is 9.07. The Morgan fingerprint density at radius 3 is 2.22 bits per heavy atom. The van der Waals surface area contributed by atoms with Crippen LogP contribution in [0.25, 0.3) is 0 Å². The molecule has 2 aromatic rings. The minimum Gasteiger partial charge on any atom is -0.490 e. The largest absolute Gasteiger partial charge is 0.573 e. The molecule has 11 heteroatoms. The molecule has 3 rings (SSSR count). The second kappa shape index (κ2) is 12.1. The van der Waals surface area contributed by atoms with E-state index in [1.54, 1.807) is 20.8 Å². The Morgan fingerprint density at radius 1 is 0.919 bits per heavy atom. The number of nitrogens with zero attached hydrogens (tertiary/aromatic N) is 2. The van der Waals surface area contributed by atoms with Gasteiger partial charge < -0.3 is 28.7 Å². The molecule has 37 heavy (non-hydrogen) atoms. The van der Waals surface area contributed by atoms with Gasteiger partial charge in [0, 0.05) is 26.1 Å². The molecule has 0 unspecified atom stereocenters. The summed E-state index contributed by atoms with van der Waals surface area (Å²) in [5, 5.41) is 0. The van der Waals surface area contributed by atoms with Gasteiger partial charge in [0.1, 0.15) is 12.2 Å². The number of ether oxygens (including phenoxy) is 4. The minimum atomic E-state index is -4.86. The van der Waals surface area contributed by atoms with Crippen LogP contribution >= 0.6 is 0 Å². The highest BCUT2D eigenvalue weighted by Gasteiger charge is 2.36. The molecule has 0 aliphatic carbocycles. The molecule has 1 aliphatic rings. The molecule has 1 aliphatic heterocycles. The maximum absolute atomic E-state index is 12.8. The average Bonchev–Trinajstić information content (AvgIpc) is 2.82. The standard InChI is InChI=1S/C26H31F3N2O6/c1-25(2,3)37-24(33)31-15-14-30(23(32)35-18-19-9-5-4-6-10-19)17-20(31)13-16-34-21-11-7-8-12-22(21)36-26(27,28)29/h4-12,20H,13-18H2,1-3H3/t20-/m1/s1. The van der Waals surface area contributed by atoms with Crippen molar-refractivity contribution in [2.75, 3.05) is 26.2 Å². The number of hydrogen-bond donors (Lipinski definition) is 0. The Balaban J connectivity index is 1.65. The summed E-state index contributed by atoms with van der Waals surface area (Å²) < 4.78 is 58.7. The molecular weight excluding hydrogens is 493 g/mol. The molecule has 2 aromatic carbocycles. The van der Waals surface area contributed by atoms with Crippen LogP contribution in [0.1, 0.15) is 32.8 Å². The first-order chi connectivity index (χ1) is 17.4. The number of rotatable bonds is 7. The number of carbonyl (C=O) groups excluding carboxylic acids is 2. The van der Waals surface area contributed by atoms with Crippen molar-refractivity contribution < 1.29 is 41.7 Å². The van der Waals surface area contributed by atoms with E-state index in [2.05, 4.69) is 4.74 Å². The number of halogens is 3. The van der Waals surface area contributed by atoms with E-state index in [0.29, 0.717) is 0 Å². The number of amides is 2. The van der Waals surface area contributed by atoms with E-state index < -0.39 is 35.9 Å². The Bertz CT molecular complexity index is 1040. The first kappa shape index (κ1) is 27.9. The zero-order valence-electron chi connectivity index (χ0n) is 21.0. The van der Waals surface area contributed by atoms with Crippen molar-refractivity contribution in [3.05, 3.63) is 60.2 Å². The summed E-state index contributed by atoms with van der Waals surface area (Å²) in [7, 11) is 0. The third-order valence-corrected chi connectivity index (χ3v) is 5.36. The maximum Gasteiger partial charge on any atom is 0.573 e. The smallest absolute Gasteiger partial charge is 0.490 e. The van der Waals surface area contributed by atoms with Crippen LogP contribution in [0.3, 0.4) is 0 Å². The van der Waals surface area contributed by atoms with E-state index >= 15 is 0 Å². The molecule has 202 valence electrons. The summed E-state index contributed by atoms with van der Waals surface area (Å²) in [6.07, 6.45) is -5.71. The molecule has 1 saturated heterocycles. The summed E-state index contributed by atoms with van der Waals surface area (Å²) in [5.74, 6) is -0.549. The molecular formula is C26H31F3N2O6. The van der Waals surface area contributed by atoms with Crippen molar-refractivity contribution in [2.24, 2.45) is 0 Å². The first-order valence-corrected chi connectivity index (χ1v) is 11.8. The predicted molar refractivity (Wildman–Crippen MR) is 128 cm³/mol. The fourth-order valence-electron chi connectivity index (χ4n) is 3.72. The molecule has 0 spiro atoms. The molecule has 0 aromatic heterocycles. The van der Waals surface area contributed by atoms with Gasteiger partial charge in [-0.25, -0.2) is 9.59 Å². The van der Waals surface area contributed by atoms with Crippen LogP contribution in [-0.2, 0) is 16.1 Å². The third-order valence-electron chi connectivity index (χ3n) is 5.36. The van der Waals surface area contributed by atoms with Crippen molar-refractivity contribution in [3.8, 4) is 11.5 Å². The lowest BCUT2D eigenvalue weighted by atomic mass is 10.1. The highest BCUT2D eigenvalue weighted by molar-refractivity contribution is 5.71. The lowest BCUT2D eigenvalue weighted by Gasteiger charge is -2.41. The zero-order valence-corrected chi connectivity index (χ0v) is 21.0. The summed E-state index contributed by atoms with van der Waals surface area (Å²) in [6, 6.07) is 14.2. The van der Waals surface area contributed by atoms with Gasteiger partial charge in [-0.15, -0.1) is 13.2 Å². The topological polar surface area (TPSA) is 77.5 Å². The molecule has 0 saturated carbocycles. The maximum atomic E-state index is 12.8. The van der Waals surface area contributed by atoms with Gasteiger partial charge >= 0.3 is 18.5 Å². The second-order valence-electron chi connectivity index (χ2n) is 9.45. The van der Waals surface area contributed by atoms with E-state index in [1.165, 1.54) is 28.0 Å². The Labute approximate surface area is 213 Å². The Hall–Kier alpha value is -3.63. The fraction of sp³-hybridized carbons (Fsp3) is 0.462. The van der Waals surface area contributed by atoms with Crippen LogP contribution in [0.5, 0.6) is 11.5 Å². The molecule has 8 nitrogen and oxygen atoms in total. The van der Waals surface area contributed by atoms with Crippen LogP contribution in [0.2, 0.25) is 0 Å². The van der Waals surface area contributed by atoms with Crippen molar-refractivity contribution in [1.29, 1.82) is 0 Å². The number of hydrogen-bond acceptors (Lipinski definition) is 6. The number of benzene rings is 2. The molecule has 0 bridgehead atoms. The molecule has 2 amide bonds. The second-order valence-corrected chi connectivity index (χ2v) is 9.45. The number of alkyl halides is 3.